The Morgan fingerprint density at radius 1 is 1.47 bits per heavy atom. The first-order valence-electron chi connectivity index (χ1n) is 6.32. The number of ether oxygens (including phenoxy) is 1. The Morgan fingerprint density at radius 3 is 2.58 bits per heavy atom. The van der Waals surface area contributed by atoms with Crippen molar-refractivity contribution in [2.24, 2.45) is 11.7 Å². The number of phenols is 1. The van der Waals surface area contributed by atoms with E-state index in [1.165, 1.54) is 13.2 Å². The minimum absolute atomic E-state index is 0.0308. The molecular weight excluding hydrogens is 244 g/mol. The van der Waals surface area contributed by atoms with Crippen LogP contribution in [-0.4, -0.2) is 41.7 Å². The van der Waals surface area contributed by atoms with E-state index < -0.39 is 0 Å². The molecule has 0 spiro atoms. The quantitative estimate of drug-likeness (QED) is 0.860. The van der Waals surface area contributed by atoms with Crippen molar-refractivity contribution in [1.82, 2.24) is 4.90 Å². The van der Waals surface area contributed by atoms with E-state index in [0.717, 1.165) is 0 Å². The summed E-state index contributed by atoms with van der Waals surface area (Å²) in [7, 11) is 1.47. The molecule has 5 heteroatoms. The Bertz CT molecular complexity index is 493. The van der Waals surface area contributed by atoms with Gasteiger partial charge < -0.3 is 20.5 Å². The van der Waals surface area contributed by atoms with Crippen LogP contribution in [0.2, 0.25) is 0 Å². The summed E-state index contributed by atoms with van der Waals surface area (Å²) in [6.07, 6.45) is 0. The van der Waals surface area contributed by atoms with Gasteiger partial charge >= 0.3 is 0 Å². The molecular formula is C14H20N2O3. The third kappa shape index (κ3) is 2.38. The van der Waals surface area contributed by atoms with Gasteiger partial charge in [-0.1, -0.05) is 13.8 Å². The zero-order valence-corrected chi connectivity index (χ0v) is 11.5. The van der Waals surface area contributed by atoms with Gasteiger partial charge in [-0.3, -0.25) is 4.79 Å². The average molecular weight is 264 g/mol. The Hall–Kier alpha value is -1.75. The smallest absolute Gasteiger partial charge is 0.254 e. The molecule has 1 aliphatic rings. The number of benzene rings is 1. The lowest BCUT2D eigenvalue weighted by Gasteiger charge is -2.50. The number of phenolic OH excluding ortho intramolecular Hbond substituents is 1. The molecule has 0 unspecified atom stereocenters. The van der Waals surface area contributed by atoms with Crippen LogP contribution in [0.1, 0.15) is 24.2 Å². The minimum Gasteiger partial charge on any atom is -0.504 e. The van der Waals surface area contributed by atoms with Crippen molar-refractivity contribution in [3.8, 4) is 11.5 Å². The first-order valence-corrected chi connectivity index (χ1v) is 6.32. The molecule has 0 aromatic heterocycles. The first kappa shape index (κ1) is 13.7. The van der Waals surface area contributed by atoms with E-state index in [0.29, 0.717) is 30.3 Å². The number of hydrogen-bond donors (Lipinski definition) is 2. The van der Waals surface area contributed by atoms with Crippen molar-refractivity contribution in [2.45, 2.75) is 19.4 Å². The standard InChI is InChI=1S/C14H20N2O3/c1-9(2)14(15)7-16(8-14)13(18)10-4-5-12(19-3)11(17)6-10/h4-6,9,17H,7-8,15H2,1-3H3. The molecule has 1 amide bonds. The van der Waals surface area contributed by atoms with E-state index >= 15 is 0 Å². The van der Waals surface area contributed by atoms with Gasteiger partial charge in [0.25, 0.3) is 5.91 Å². The second-order valence-corrected chi connectivity index (χ2v) is 5.44. The SMILES string of the molecule is COc1ccc(C(=O)N2CC(N)(C(C)C)C2)cc1O. The van der Waals surface area contributed by atoms with Crippen LogP contribution in [-0.2, 0) is 0 Å². The monoisotopic (exact) mass is 264 g/mol. The number of aromatic hydroxyl groups is 1. The molecule has 0 saturated carbocycles. The molecule has 1 aliphatic heterocycles. The van der Waals surface area contributed by atoms with Crippen LogP contribution in [0, 0.1) is 5.92 Å². The van der Waals surface area contributed by atoms with Crippen LogP contribution in [0.4, 0.5) is 0 Å². The summed E-state index contributed by atoms with van der Waals surface area (Å²) in [6, 6.07) is 4.65. The summed E-state index contributed by atoms with van der Waals surface area (Å²) in [5.74, 6) is 0.549. The lowest BCUT2D eigenvalue weighted by Crippen LogP contribution is -2.71. The largest absolute Gasteiger partial charge is 0.504 e. The fraction of sp³-hybridized carbons (Fsp3) is 0.500. The van der Waals surface area contributed by atoms with E-state index in [1.807, 2.05) is 0 Å². The maximum atomic E-state index is 12.2. The van der Waals surface area contributed by atoms with Gasteiger partial charge in [0.2, 0.25) is 0 Å². The average Bonchev–Trinajstić information content (AvgIpc) is 2.33. The Labute approximate surface area is 113 Å². The number of carbonyl (C=O) groups is 1. The predicted molar refractivity (Wildman–Crippen MR) is 72.3 cm³/mol. The number of hydrogen-bond acceptors (Lipinski definition) is 4. The molecule has 1 saturated heterocycles. The highest BCUT2D eigenvalue weighted by atomic mass is 16.5. The lowest BCUT2D eigenvalue weighted by atomic mass is 9.80. The molecule has 3 N–H and O–H groups in total. The Balaban J connectivity index is 2.08. The number of nitrogens with two attached hydrogens (primary N) is 1. The van der Waals surface area contributed by atoms with Crippen LogP contribution in [0.3, 0.4) is 0 Å². The molecule has 19 heavy (non-hydrogen) atoms. The number of rotatable bonds is 3. The van der Waals surface area contributed by atoms with Crippen molar-refractivity contribution in [2.75, 3.05) is 20.2 Å². The highest BCUT2D eigenvalue weighted by Crippen LogP contribution is 2.30. The van der Waals surface area contributed by atoms with Gasteiger partial charge in [0, 0.05) is 18.7 Å². The number of likely N-dealkylation sites (tertiary alicyclic amines) is 1. The van der Waals surface area contributed by atoms with Crippen molar-refractivity contribution in [1.29, 1.82) is 0 Å². The second kappa shape index (κ2) is 4.74. The van der Waals surface area contributed by atoms with Crippen molar-refractivity contribution >= 4 is 5.91 Å². The second-order valence-electron chi connectivity index (χ2n) is 5.44. The van der Waals surface area contributed by atoms with E-state index in [2.05, 4.69) is 13.8 Å². The van der Waals surface area contributed by atoms with Crippen LogP contribution in [0.5, 0.6) is 11.5 Å². The van der Waals surface area contributed by atoms with Crippen molar-refractivity contribution in [3.63, 3.8) is 0 Å². The van der Waals surface area contributed by atoms with Gasteiger partial charge in [-0.2, -0.15) is 0 Å². The molecule has 104 valence electrons. The fourth-order valence-corrected chi connectivity index (χ4v) is 2.18. The lowest BCUT2D eigenvalue weighted by molar-refractivity contribution is 0.0274. The summed E-state index contributed by atoms with van der Waals surface area (Å²) in [5, 5.41) is 9.68. The number of carbonyl (C=O) groups excluding carboxylic acids is 1. The molecule has 0 aliphatic carbocycles. The molecule has 2 rings (SSSR count). The van der Waals surface area contributed by atoms with Crippen LogP contribution < -0.4 is 10.5 Å². The molecule has 0 bridgehead atoms. The van der Waals surface area contributed by atoms with Gasteiger partial charge in [-0.15, -0.1) is 0 Å². The molecule has 1 aromatic carbocycles. The van der Waals surface area contributed by atoms with Gasteiger partial charge in [-0.05, 0) is 24.1 Å². The Kier molecular flexibility index (Phi) is 3.41. The molecule has 1 heterocycles. The zero-order chi connectivity index (χ0) is 14.2. The molecule has 5 nitrogen and oxygen atoms in total. The summed E-state index contributed by atoms with van der Waals surface area (Å²) in [5.41, 5.74) is 6.32. The number of nitrogens with zero attached hydrogens (tertiary/aromatic N) is 1. The third-order valence-corrected chi connectivity index (χ3v) is 3.83. The number of methoxy groups -OCH3 is 1. The summed E-state index contributed by atoms with van der Waals surface area (Å²) < 4.78 is 4.95. The van der Waals surface area contributed by atoms with Crippen molar-refractivity contribution in [3.05, 3.63) is 23.8 Å². The van der Waals surface area contributed by atoms with E-state index in [1.54, 1.807) is 17.0 Å². The van der Waals surface area contributed by atoms with Crippen LogP contribution >= 0.6 is 0 Å². The summed E-state index contributed by atoms with van der Waals surface area (Å²) in [6.45, 7) is 5.22. The van der Waals surface area contributed by atoms with Crippen LogP contribution in [0.25, 0.3) is 0 Å². The topological polar surface area (TPSA) is 75.8 Å². The molecule has 1 aromatic rings. The summed E-state index contributed by atoms with van der Waals surface area (Å²) in [4.78, 5) is 13.9. The summed E-state index contributed by atoms with van der Waals surface area (Å²) >= 11 is 0. The highest BCUT2D eigenvalue weighted by Gasteiger charge is 2.44. The van der Waals surface area contributed by atoms with Crippen molar-refractivity contribution < 1.29 is 14.6 Å². The molecule has 1 fully saturated rings. The third-order valence-electron chi connectivity index (χ3n) is 3.83. The highest BCUT2D eigenvalue weighted by molar-refractivity contribution is 5.95. The fourth-order valence-electron chi connectivity index (χ4n) is 2.18. The van der Waals surface area contributed by atoms with E-state index in [9.17, 15) is 9.90 Å². The predicted octanol–water partition coefficient (Wildman–Crippen LogP) is 1.21. The van der Waals surface area contributed by atoms with Gasteiger partial charge in [0.05, 0.1) is 12.6 Å². The van der Waals surface area contributed by atoms with Gasteiger partial charge in [0.1, 0.15) is 0 Å². The minimum atomic E-state index is -0.288. The number of amides is 1. The van der Waals surface area contributed by atoms with Gasteiger partial charge in [0.15, 0.2) is 11.5 Å². The Morgan fingerprint density at radius 2 is 2.11 bits per heavy atom. The van der Waals surface area contributed by atoms with E-state index in [4.69, 9.17) is 10.5 Å². The molecule has 0 radical (unpaired) electrons. The zero-order valence-electron chi connectivity index (χ0n) is 11.5. The van der Waals surface area contributed by atoms with Gasteiger partial charge in [-0.25, -0.2) is 0 Å². The maximum Gasteiger partial charge on any atom is 0.254 e. The van der Waals surface area contributed by atoms with E-state index in [-0.39, 0.29) is 17.2 Å². The molecule has 0 atom stereocenters. The maximum absolute atomic E-state index is 12.2. The first-order chi connectivity index (χ1) is 8.87. The normalized spacial score (nSPS) is 17.2. The van der Waals surface area contributed by atoms with Crippen LogP contribution in [0.15, 0.2) is 18.2 Å².